The molecular weight excluding hydrogens is 340 g/mol. The largest absolute Gasteiger partial charge is 0.351 e. The molecule has 0 aliphatic carbocycles. The van der Waals surface area contributed by atoms with E-state index in [9.17, 15) is 4.79 Å². The van der Waals surface area contributed by atoms with Gasteiger partial charge in [0.1, 0.15) is 0 Å². The second-order valence-electron chi connectivity index (χ2n) is 6.91. The highest BCUT2D eigenvalue weighted by Crippen LogP contribution is 2.19. The first-order valence-electron chi connectivity index (χ1n) is 9.45. The molecule has 0 radical (unpaired) electrons. The summed E-state index contributed by atoms with van der Waals surface area (Å²) in [5.74, 6) is 0.975. The smallest absolute Gasteiger partial charge is 0.233 e. The van der Waals surface area contributed by atoms with Gasteiger partial charge in [-0.05, 0) is 49.5 Å². The van der Waals surface area contributed by atoms with E-state index in [-0.39, 0.29) is 11.2 Å². The predicted octanol–water partition coefficient (Wildman–Crippen LogP) is 4.22. The zero-order valence-electron chi connectivity index (χ0n) is 15.5. The Labute approximate surface area is 161 Å². The van der Waals surface area contributed by atoms with E-state index in [0.717, 1.165) is 12.3 Å². The minimum Gasteiger partial charge on any atom is -0.351 e. The first kappa shape index (κ1) is 19.0. The Hall–Kier alpha value is -1.78. The molecule has 0 spiro atoms. The van der Waals surface area contributed by atoms with Crippen LogP contribution in [0.15, 0.2) is 54.6 Å². The van der Waals surface area contributed by atoms with Crippen molar-refractivity contribution in [3.05, 3.63) is 71.3 Å². The number of nitrogens with zero attached hydrogens (tertiary/aromatic N) is 1. The van der Waals surface area contributed by atoms with Gasteiger partial charge in [-0.1, -0.05) is 54.6 Å². The van der Waals surface area contributed by atoms with E-state index in [1.807, 2.05) is 25.1 Å². The quantitative estimate of drug-likeness (QED) is 0.757. The van der Waals surface area contributed by atoms with Crippen molar-refractivity contribution in [3.63, 3.8) is 0 Å². The Balaban J connectivity index is 1.49. The van der Waals surface area contributed by atoms with Crippen molar-refractivity contribution >= 4 is 17.7 Å². The van der Waals surface area contributed by atoms with Gasteiger partial charge in [0.15, 0.2) is 0 Å². The van der Waals surface area contributed by atoms with E-state index in [4.69, 9.17) is 0 Å². The van der Waals surface area contributed by atoms with E-state index in [2.05, 4.69) is 46.6 Å². The number of amides is 1. The summed E-state index contributed by atoms with van der Waals surface area (Å²) in [6.07, 6.45) is 2.60. The molecule has 1 unspecified atom stereocenters. The van der Waals surface area contributed by atoms with Gasteiger partial charge >= 0.3 is 0 Å². The molecule has 1 atom stereocenters. The SMILES string of the molecule is CC(SCc1ccccc1)C(=O)NCc1ccccc1CN1CCCC1. The molecule has 1 fully saturated rings. The Morgan fingerprint density at radius 1 is 1.04 bits per heavy atom. The van der Waals surface area contributed by atoms with E-state index in [0.29, 0.717) is 6.54 Å². The fourth-order valence-electron chi connectivity index (χ4n) is 3.26. The van der Waals surface area contributed by atoms with Crippen LogP contribution in [0.25, 0.3) is 0 Å². The van der Waals surface area contributed by atoms with Crippen molar-refractivity contribution in [2.24, 2.45) is 0 Å². The maximum absolute atomic E-state index is 12.5. The molecule has 138 valence electrons. The van der Waals surface area contributed by atoms with Crippen LogP contribution in [0.2, 0.25) is 0 Å². The molecule has 1 saturated heterocycles. The Morgan fingerprint density at radius 2 is 1.69 bits per heavy atom. The highest BCUT2D eigenvalue weighted by atomic mass is 32.2. The molecule has 0 saturated carbocycles. The molecular formula is C22H28N2OS. The zero-order valence-corrected chi connectivity index (χ0v) is 16.3. The molecule has 4 heteroatoms. The molecule has 2 aromatic rings. The van der Waals surface area contributed by atoms with E-state index in [1.54, 1.807) is 11.8 Å². The molecule has 2 aromatic carbocycles. The third-order valence-corrected chi connectivity index (χ3v) is 6.09. The second kappa shape index (κ2) is 9.79. The number of likely N-dealkylation sites (tertiary alicyclic amines) is 1. The maximum Gasteiger partial charge on any atom is 0.233 e. The van der Waals surface area contributed by atoms with Crippen molar-refractivity contribution in [1.82, 2.24) is 10.2 Å². The Kier molecular flexibility index (Phi) is 7.15. The molecule has 0 aromatic heterocycles. The number of benzene rings is 2. The van der Waals surface area contributed by atoms with Gasteiger partial charge in [-0.3, -0.25) is 9.69 Å². The van der Waals surface area contributed by atoms with Gasteiger partial charge in [-0.15, -0.1) is 11.8 Å². The molecule has 26 heavy (non-hydrogen) atoms. The van der Waals surface area contributed by atoms with Crippen LogP contribution in [-0.4, -0.2) is 29.1 Å². The van der Waals surface area contributed by atoms with Crippen LogP contribution >= 0.6 is 11.8 Å². The average molecular weight is 369 g/mol. The topological polar surface area (TPSA) is 32.3 Å². The van der Waals surface area contributed by atoms with Crippen LogP contribution in [0.3, 0.4) is 0 Å². The number of hydrogen-bond donors (Lipinski definition) is 1. The number of carbonyl (C=O) groups is 1. The first-order valence-corrected chi connectivity index (χ1v) is 10.5. The number of hydrogen-bond acceptors (Lipinski definition) is 3. The van der Waals surface area contributed by atoms with Crippen LogP contribution < -0.4 is 5.32 Å². The van der Waals surface area contributed by atoms with Crippen LogP contribution in [0.4, 0.5) is 0 Å². The predicted molar refractivity (Wildman–Crippen MR) is 110 cm³/mol. The minimum absolute atomic E-state index is 0.0547. The van der Waals surface area contributed by atoms with E-state index < -0.39 is 0 Å². The third kappa shape index (κ3) is 5.61. The number of rotatable bonds is 8. The Morgan fingerprint density at radius 3 is 2.42 bits per heavy atom. The molecule has 3 rings (SSSR count). The van der Waals surface area contributed by atoms with Crippen molar-refractivity contribution < 1.29 is 4.79 Å². The number of thioether (sulfide) groups is 1. The normalized spacial score (nSPS) is 15.7. The summed E-state index contributed by atoms with van der Waals surface area (Å²) in [4.78, 5) is 15.0. The summed E-state index contributed by atoms with van der Waals surface area (Å²) in [5, 5.41) is 3.07. The highest BCUT2D eigenvalue weighted by Gasteiger charge is 2.16. The second-order valence-corrected chi connectivity index (χ2v) is 8.24. The maximum atomic E-state index is 12.5. The molecule has 1 aliphatic rings. The van der Waals surface area contributed by atoms with Crippen LogP contribution in [0, 0.1) is 0 Å². The lowest BCUT2D eigenvalue weighted by atomic mass is 10.1. The van der Waals surface area contributed by atoms with Gasteiger partial charge in [-0.25, -0.2) is 0 Å². The van der Waals surface area contributed by atoms with Gasteiger partial charge < -0.3 is 5.32 Å². The number of carbonyl (C=O) groups excluding carboxylic acids is 1. The monoisotopic (exact) mass is 368 g/mol. The zero-order chi connectivity index (χ0) is 18.2. The van der Waals surface area contributed by atoms with Gasteiger partial charge in [0, 0.05) is 18.8 Å². The summed E-state index contributed by atoms with van der Waals surface area (Å²) in [6.45, 7) is 5.96. The molecule has 1 N–H and O–H groups in total. The van der Waals surface area contributed by atoms with Crippen molar-refractivity contribution in [2.75, 3.05) is 13.1 Å². The van der Waals surface area contributed by atoms with Crippen LogP contribution in [0.5, 0.6) is 0 Å². The summed E-state index contributed by atoms with van der Waals surface area (Å²) >= 11 is 1.68. The molecule has 3 nitrogen and oxygen atoms in total. The molecule has 1 aliphatic heterocycles. The van der Waals surface area contributed by atoms with Gasteiger partial charge in [0.2, 0.25) is 5.91 Å². The van der Waals surface area contributed by atoms with Gasteiger partial charge in [0.05, 0.1) is 5.25 Å². The molecule has 0 bridgehead atoms. The fraction of sp³-hybridized carbons (Fsp3) is 0.409. The summed E-state index contributed by atoms with van der Waals surface area (Å²) < 4.78 is 0. The average Bonchev–Trinajstić information content (AvgIpc) is 3.19. The van der Waals surface area contributed by atoms with Gasteiger partial charge in [0.25, 0.3) is 0 Å². The number of nitrogens with one attached hydrogen (secondary N) is 1. The highest BCUT2D eigenvalue weighted by molar-refractivity contribution is 7.99. The van der Waals surface area contributed by atoms with Crippen LogP contribution in [-0.2, 0) is 23.6 Å². The standard InChI is InChI=1S/C22H28N2OS/c1-18(26-17-19-9-3-2-4-10-19)22(25)23-15-20-11-5-6-12-21(20)16-24-13-7-8-14-24/h2-6,9-12,18H,7-8,13-17H2,1H3,(H,23,25). The molecule has 1 heterocycles. The first-order chi connectivity index (χ1) is 12.7. The molecule has 1 amide bonds. The third-order valence-electron chi connectivity index (χ3n) is 4.88. The lowest BCUT2D eigenvalue weighted by Gasteiger charge is -2.18. The van der Waals surface area contributed by atoms with E-state index >= 15 is 0 Å². The summed E-state index contributed by atoms with van der Waals surface area (Å²) in [5.41, 5.74) is 3.82. The lowest BCUT2D eigenvalue weighted by molar-refractivity contribution is -0.120. The van der Waals surface area contributed by atoms with Crippen molar-refractivity contribution in [2.45, 2.75) is 43.9 Å². The van der Waals surface area contributed by atoms with E-state index in [1.165, 1.54) is 42.6 Å². The van der Waals surface area contributed by atoms with Crippen molar-refractivity contribution in [1.29, 1.82) is 0 Å². The van der Waals surface area contributed by atoms with Crippen molar-refractivity contribution in [3.8, 4) is 0 Å². The lowest BCUT2D eigenvalue weighted by Crippen LogP contribution is -2.31. The fourth-order valence-corrected chi connectivity index (χ4v) is 4.13. The Bertz CT molecular complexity index is 698. The van der Waals surface area contributed by atoms with Crippen LogP contribution in [0.1, 0.15) is 36.5 Å². The minimum atomic E-state index is -0.0547. The van der Waals surface area contributed by atoms with Gasteiger partial charge in [-0.2, -0.15) is 0 Å². The summed E-state index contributed by atoms with van der Waals surface area (Å²) in [6, 6.07) is 18.8. The summed E-state index contributed by atoms with van der Waals surface area (Å²) in [7, 11) is 0.